The summed E-state index contributed by atoms with van der Waals surface area (Å²) in [7, 11) is 0. The van der Waals surface area contributed by atoms with Crippen molar-refractivity contribution in [3.8, 4) is 0 Å². The van der Waals surface area contributed by atoms with Crippen molar-refractivity contribution in [2.75, 3.05) is 6.54 Å². The highest BCUT2D eigenvalue weighted by Gasteiger charge is 2.52. The first kappa shape index (κ1) is 36.1. The molecular weight excluding hydrogens is 574 g/mol. The van der Waals surface area contributed by atoms with E-state index >= 15 is 0 Å². The Kier molecular flexibility index (Phi) is 12.7. The highest BCUT2D eigenvalue weighted by molar-refractivity contribution is 6.38. The lowest BCUT2D eigenvalue weighted by Gasteiger charge is -2.36. The molecule has 0 radical (unpaired) electrons. The molecule has 2 fully saturated rings. The number of likely N-dealkylation sites (tertiary alicyclic amines) is 1. The van der Waals surface area contributed by atoms with Crippen LogP contribution in [0, 0.1) is 35.0 Å². The van der Waals surface area contributed by atoms with Crippen molar-refractivity contribution in [1.29, 1.82) is 0 Å². The number of ketones is 3. The molecule has 2 aliphatic rings. The van der Waals surface area contributed by atoms with Crippen LogP contribution in [0.25, 0.3) is 0 Å². The van der Waals surface area contributed by atoms with Gasteiger partial charge in [-0.05, 0) is 62.3 Å². The van der Waals surface area contributed by atoms with Crippen molar-refractivity contribution in [3.05, 3.63) is 35.9 Å². The third-order valence-electron chi connectivity index (χ3n) is 9.42. The monoisotopic (exact) mass is 625 g/mol. The van der Waals surface area contributed by atoms with E-state index in [2.05, 4.69) is 0 Å². The number of carbonyl (C=O) groups excluding carboxylic acids is 5. The van der Waals surface area contributed by atoms with Gasteiger partial charge in [0.25, 0.3) is 0 Å². The molecule has 1 aromatic carbocycles. The van der Waals surface area contributed by atoms with Gasteiger partial charge in [-0.25, -0.2) is 0 Å². The van der Waals surface area contributed by atoms with Crippen LogP contribution in [0.3, 0.4) is 0 Å². The fourth-order valence-electron chi connectivity index (χ4n) is 7.12. The number of amides is 1. The van der Waals surface area contributed by atoms with E-state index in [0.717, 1.165) is 24.8 Å². The molecule has 1 aliphatic carbocycles. The molecule has 1 aromatic rings. The average Bonchev–Trinajstić information content (AvgIpc) is 3.55. The lowest BCUT2D eigenvalue weighted by Crippen LogP contribution is -2.49. The molecule has 1 saturated heterocycles. The second-order valence-corrected chi connectivity index (χ2v) is 14.3. The molecular formula is C36H51NO8. The van der Waals surface area contributed by atoms with Crippen LogP contribution in [0.15, 0.2) is 30.3 Å². The number of carbonyl (C=O) groups is 6. The van der Waals surface area contributed by atoms with Crippen molar-refractivity contribution in [3.63, 3.8) is 0 Å². The molecule has 1 amide bonds. The topological polar surface area (TPSA) is 135 Å². The summed E-state index contributed by atoms with van der Waals surface area (Å²) in [6, 6.07) is 8.24. The van der Waals surface area contributed by atoms with E-state index in [1.807, 2.05) is 33.8 Å². The molecule has 0 spiro atoms. The Bertz CT molecular complexity index is 1230. The third-order valence-corrected chi connectivity index (χ3v) is 9.42. The van der Waals surface area contributed by atoms with E-state index in [-0.39, 0.29) is 48.9 Å². The Hall–Kier alpha value is -3.36. The maximum absolute atomic E-state index is 14.1. The summed E-state index contributed by atoms with van der Waals surface area (Å²) in [4.78, 5) is 81.1. The van der Waals surface area contributed by atoms with Crippen LogP contribution < -0.4 is 0 Å². The minimum absolute atomic E-state index is 0.0278. The number of hydrogen-bond donors (Lipinski definition) is 1. The lowest BCUT2D eigenvalue weighted by atomic mass is 9.77. The molecule has 3 rings (SSSR count). The van der Waals surface area contributed by atoms with Gasteiger partial charge in [-0.3, -0.25) is 28.8 Å². The SMILES string of the molecule is CCCC(CC(=O)[C@@H]1[C@H]2CCC[C@H]2CN1C(=O)[C@@H](CC(=O)OC(C)C)C(C)(C)C)C(=O)C(=O)C[C@@H](Cc1ccccc1)C(=O)O. The molecule has 9 nitrogen and oxygen atoms in total. The van der Waals surface area contributed by atoms with E-state index in [1.54, 1.807) is 43.0 Å². The fraction of sp³-hybridized carbons (Fsp3) is 0.667. The van der Waals surface area contributed by atoms with Crippen molar-refractivity contribution in [2.45, 2.75) is 111 Å². The Balaban J connectivity index is 1.79. The molecule has 9 heteroatoms. The smallest absolute Gasteiger partial charge is 0.307 e. The number of Topliss-reactive ketones (excluding diaryl/α,β-unsaturated/α-hetero) is 3. The van der Waals surface area contributed by atoms with Crippen LogP contribution in [-0.4, -0.2) is 63.9 Å². The van der Waals surface area contributed by atoms with Gasteiger partial charge in [0.15, 0.2) is 11.6 Å². The largest absolute Gasteiger partial charge is 0.481 e. The van der Waals surface area contributed by atoms with Crippen molar-refractivity contribution < 1.29 is 38.6 Å². The van der Waals surface area contributed by atoms with Crippen LogP contribution in [-0.2, 0) is 39.9 Å². The first-order valence-corrected chi connectivity index (χ1v) is 16.5. The number of carboxylic acids is 1. The molecule has 6 atom stereocenters. The van der Waals surface area contributed by atoms with E-state index in [4.69, 9.17) is 4.74 Å². The Labute approximate surface area is 267 Å². The molecule has 1 unspecified atom stereocenters. The van der Waals surface area contributed by atoms with E-state index in [9.17, 15) is 33.9 Å². The van der Waals surface area contributed by atoms with Gasteiger partial charge in [-0.2, -0.15) is 0 Å². The number of rotatable bonds is 16. The lowest BCUT2D eigenvalue weighted by molar-refractivity contribution is -0.155. The summed E-state index contributed by atoms with van der Waals surface area (Å²) in [5.41, 5.74) is 0.194. The maximum atomic E-state index is 14.1. The summed E-state index contributed by atoms with van der Waals surface area (Å²) in [6.07, 6.45) is 2.64. The van der Waals surface area contributed by atoms with Gasteiger partial charge in [-0.15, -0.1) is 0 Å². The van der Waals surface area contributed by atoms with Gasteiger partial charge in [-0.1, -0.05) is 70.9 Å². The first-order chi connectivity index (χ1) is 21.1. The zero-order valence-electron chi connectivity index (χ0n) is 27.8. The van der Waals surface area contributed by atoms with Crippen LogP contribution in [0.5, 0.6) is 0 Å². The van der Waals surface area contributed by atoms with Crippen LogP contribution >= 0.6 is 0 Å². The van der Waals surface area contributed by atoms with Gasteiger partial charge >= 0.3 is 11.9 Å². The quantitative estimate of drug-likeness (QED) is 0.189. The summed E-state index contributed by atoms with van der Waals surface area (Å²) < 4.78 is 5.36. The van der Waals surface area contributed by atoms with E-state index < -0.39 is 59.1 Å². The molecule has 1 saturated carbocycles. The van der Waals surface area contributed by atoms with Crippen LogP contribution in [0.4, 0.5) is 0 Å². The second-order valence-electron chi connectivity index (χ2n) is 14.3. The van der Waals surface area contributed by atoms with Crippen LogP contribution in [0.1, 0.15) is 98.5 Å². The van der Waals surface area contributed by atoms with Crippen molar-refractivity contribution in [1.82, 2.24) is 4.90 Å². The Morgan fingerprint density at radius 3 is 2.20 bits per heavy atom. The zero-order valence-corrected chi connectivity index (χ0v) is 27.8. The molecule has 248 valence electrons. The molecule has 1 N–H and O–H groups in total. The second kappa shape index (κ2) is 15.8. The van der Waals surface area contributed by atoms with Crippen LogP contribution in [0.2, 0.25) is 0 Å². The number of benzene rings is 1. The van der Waals surface area contributed by atoms with E-state index in [0.29, 0.717) is 19.4 Å². The third kappa shape index (κ3) is 9.57. The molecule has 1 aliphatic heterocycles. The zero-order chi connectivity index (χ0) is 33.5. The summed E-state index contributed by atoms with van der Waals surface area (Å²) >= 11 is 0. The normalized spacial score (nSPS) is 21.6. The number of esters is 1. The fourth-order valence-corrected chi connectivity index (χ4v) is 7.12. The highest BCUT2D eigenvalue weighted by atomic mass is 16.5. The molecule has 0 aromatic heterocycles. The van der Waals surface area contributed by atoms with Gasteiger partial charge in [0.1, 0.15) is 0 Å². The van der Waals surface area contributed by atoms with Gasteiger partial charge in [0.05, 0.1) is 30.4 Å². The number of aliphatic carboxylic acids is 1. The summed E-state index contributed by atoms with van der Waals surface area (Å²) in [5, 5.41) is 9.78. The highest BCUT2D eigenvalue weighted by Crippen LogP contribution is 2.45. The molecule has 1 heterocycles. The Morgan fingerprint density at radius 1 is 0.956 bits per heavy atom. The summed E-state index contributed by atoms with van der Waals surface area (Å²) in [5.74, 6) is -6.08. The predicted molar refractivity (Wildman–Crippen MR) is 169 cm³/mol. The van der Waals surface area contributed by atoms with Crippen molar-refractivity contribution in [2.24, 2.45) is 35.0 Å². The van der Waals surface area contributed by atoms with Gasteiger partial charge in [0.2, 0.25) is 11.7 Å². The number of fused-ring (bicyclic) bond motifs is 1. The average molecular weight is 626 g/mol. The summed E-state index contributed by atoms with van der Waals surface area (Å²) in [6.45, 7) is 11.5. The Morgan fingerprint density at radius 2 is 1.62 bits per heavy atom. The number of ether oxygens (including phenoxy) is 1. The minimum atomic E-state index is -1.15. The standard InChI is InChI=1S/C36H51NO8/c1-7-12-24(33(41)30(39)19-26(35(43)44)17-23-13-9-8-10-14-23)18-29(38)32-27-16-11-15-25(27)21-37(32)34(42)28(36(4,5)6)20-31(40)45-22(2)3/h8-10,13-14,22,24-28,32H,7,11-12,15-21H2,1-6H3,(H,43,44)/t24?,25-,26+,27-,28+,32-/m0/s1. The first-order valence-electron chi connectivity index (χ1n) is 16.5. The van der Waals surface area contributed by atoms with Gasteiger partial charge in [0, 0.05) is 25.3 Å². The number of nitrogens with zero attached hydrogens (tertiary/aromatic N) is 1. The molecule has 45 heavy (non-hydrogen) atoms. The minimum Gasteiger partial charge on any atom is -0.481 e. The van der Waals surface area contributed by atoms with Crippen molar-refractivity contribution >= 4 is 35.2 Å². The maximum Gasteiger partial charge on any atom is 0.307 e. The molecule has 0 bridgehead atoms. The number of carboxylic acid groups (broad SMARTS) is 1. The predicted octanol–water partition coefficient (Wildman–Crippen LogP) is 5.46. The number of hydrogen-bond acceptors (Lipinski definition) is 7. The van der Waals surface area contributed by atoms with Gasteiger partial charge < -0.3 is 14.7 Å². The van der Waals surface area contributed by atoms with E-state index in [1.165, 1.54) is 0 Å².